The molecule has 0 spiro atoms. The molecule has 0 saturated heterocycles. The Morgan fingerprint density at radius 3 is 1.08 bits per heavy atom. The molecule has 0 bridgehead atoms. The molecule has 0 N–H and O–H groups in total. The number of aryl methyl sites for hydroxylation is 1. The van der Waals surface area contributed by atoms with E-state index in [9.17, 15) is 9.59 Å². The van der Waals surface area contributed by atoms with Crippen LogP contribution in [0, 0.1) is 6.92 Å². The number of unbranched alkanes of at least 4 members (excludes halogenated alkanes) is 4. The average Bonchev–Trinajstić information content (AvgIpc) is 3.82. The number of benzene rings is 4. The van der Waals surface area contributed by atoms with Crippen LogP contribution in [-0.4, -0.2) is 74.5 Å². The Bertz CT molecular complexity index is 2440. The summed E-state index contributed by atoms with van der Waals surface area (Å²) in [5, 5.41) is 6.49. The molecule has 8 aromatic rings. The van der Waals surface area contributed by atoms with Gasteiger partial charge in [0.1, 0.15) is 0 Å². The van der Waals surface area contributed by atoms with Gasteiger partial charge in [0.25, 0.3) is 0 Å². The molecule has 4 heterocycles. The van der Waals surface area contributed by atoms with E-state index >= 15 is 0 Å². The summed E-state index contributed by atoms with van der Waals surface area (Å²) >= 11 is -0.968. The normalized spacial score (nSPS) is 12.3. The Morgan fingerprint density at radius 2 is 0.765 bits per heavy atom. The van der Waals surface area contributed by atoms with Gasteiger partial charge in [0.2, 0.25) is 0 Å². The van der Waals surface area contributed by atoms with E-state index in [0.29, 0.717) is 32.1 Å². The molecule has 0 unspecified atom stereocenters. The van der Waals surface area contributed by atoms with E-state index in [1.807, 2.05) is 31.2 Å². The summed E-state index contributed by atoms with van der Waals surface area (Å²) < 4.78 is 34.5. The molecule has 0 radical (unpaired) electrons. The van der Waals surface area contributed by atoms with Crippen molar-refractivity contribution >= 4 is 101 Å². The van der Waals surface area contributed by atoms with Crippen LogP contribution >= 0.6 is 0 Å². The van der Waals surface area contributed by atoms with Crippen molar-refractivity contribution in [3.05, 3.63) is 50.5 Å². The van der Waals surface area contributed by atoms with Crippen molar-refractivity contribution < 1.29 is 18.9 Å². The quantitative estimate of drug-likeness (QED) is 0.0519. The molecular formula is C41H43NO6Se3. The van der Waals surface area contributed by atoms with Gasteiger partial charge in [0.05, 0.1) is 0 Å². The fraction of sp³-hybridized carbons (Fsp3) is 0.415. The van der Waals surface area contributed by atoms with Crippen LogP contribution < -0.4 is 30.1 Å². The summed E-state index contributed by atoms with van der Waals surface area (Å²) in [6, 6.07) is 7.75. The molecule has 4 aromatic carbocycles. The Morgan fingerprint density at radius 1 is 0.471 bits per heavy atom. The van der Waals surface area contributed by atoms with Gasteiger partial charge < -0.3 is 0 Å². The molecule has 10 heteroatoms. The summed E-state index contributed by atoms with van der Waals surface area (Å²) in [6.45, 7) is 13.1. The zero-order valence-corrected chi connectivity index (χ0v) is 35.1. The van der Waals surface area contributed by atoms with Crippen molar-refractivity contribution in [3.8, 4) is 28.7 Å². The van der Waals surface area contributed by atoms with Crippen molar-refractivity contribution in [1.82, 2.24) is 4.57 Å². The number of nitrogens with zero attached hydrogens (tertiary/aromatic N) is 1. The molecule has 0 aliphatic rings. The second kappa shape index (κ2) is 14.5. The van der Waals surface area contributed by atoms with Crippen LogP contribution in [0.15, 0.2) is 33.9 Å². The van der Waals surface area contributed by atoms with Crippen LogP contribution in [0.4, 0.5) is 0 Å². The Balaban J connectivity index is 1.61. The third-order valence-electron chi connectivity index (χ3n) is 9.78. The van der Waals surface area contributed by atoms with E-state index in [2.05, 4.69) is 27.7 Å². The van der Waals surface area contributed by atoms with Gasteiger partial charge in [-0.25, -0.2) is 0 Å². The summed E-state index contributed by atoms with van der Waals surface area (Å²) in [4.78, 5) is 29.8. The monoisotopic (exact) mass is 885 g/mol. The van der Waals surface area contributed by atoms with Crippen molar-refractivity contribution in [3.63, 3.8) is 0 Å². The second-order valence-electron chi connectivity index (χ2n) is 13.4. The van der Waals surface area contributed by atoms with E-state index in [4.69, 9.17) is 18.9 Å². The fourth-order valence-electron chi connectivity index (χ4n) is 7.10. The van der Waals surface area contributed by atoms with Crippen molar-refractivity contribution in [1.29, 1.82) is 0 Å². The van der Waals surface area contributed by atoms with Crippen LogP contribution in [0.25, 0.3) is 63.6 Å². The number of hydrogen-bond donors (Lipinski definition) is 0. The second-order valence-corrected chi connectivity index (χ2v) is 19.9. The molecular weight excluding hydrogens is 839 g/mol. The van der Waals surface area contributed by atoms with Gasteiger partial charge in [-0.1, -0.05) is 0 Å². The Hall–Kier alpha value is -2.96. The zero-order valence-electron chi connectivity index (χ0n) is 29.9. The first kappa shape index (κ1) is 35.1. The first-order valence-corrected chi connectivity index (χ1v) is 23.6. The van der Waals surface area contributed by atoms with E-state index < -0.39 is 29.0 Å². The third-order valence-corrected chi connectivity index (χ3v) is 17.2. The predicted octanol–water partition coefficient (Wildman–Crippen LogP) is 8.63. The van der Waals surface area contributed by atoms with Crippen molar-refractivity contribution in [2.75, 3.05) is 26.4 Å². The standard InChI is InChI=1S/C41H43NO6Se3/c1-6-10-18-45-30-32(47-20-12-8-3)36-26-24-25-27-29-28(26)38(50-36)40(43)42(23-16-14-22(5)15-17-23)41(44)39(29)51-37(27)33(48-21-13-9-4)31(46-19-11-7-2)35(25)49-34(24)30/h14-17H,6-13,18-21H2,1-5H3. The van der Waals surface area contributed by atoms with Crippen molar-refractivity contribution in [2.45, 2.75) is 86.0 Å². The Labute approximate surface area is 314 Å². The molecule has 0 aliphatic heterocycles. The van der Waals surface area contributed by atoms with Gasteiger partial charge in [-0.15, -0.1) is 0 Å². The van der Waals surface area contributed by atoms with Crippen LogP contribution in [0.5, 0.6) is 23.0 Å². The summed E-state index contributed by atoms with van der Waals surface area (Å²) in [5.74, 6) is 3.31. The van der Waals surface area contributed by atoms with E-state index in [1.165, 1.54) is 23.9 Å². The first-order valence-electron chi connectivity index (χ1n) is 18.4. The summed E-state index contributed by atoms with van der Waals surface area (Å²) in [7, 11) is 0. The molecule has 51 heavy (non-hydrogen) atoms. The maximum atomic E-state index is 14.9. The molecule has 0 fully saturated rings. The number of hydrogen-bond acceptors (Lipinski definition) is 6. The van der Waals surface area contributed by atoms with Gasteiger partial charge in [-0.3, -0.25) is 0 Å². The topological polar surface area (TPSA) is 76.0 Å². The van der Waals surface area contributed by atoms with Gasteiger partial charge in [-0.2, -0.15) is 0 Å². The van der Waals surface area contributed by atoms with E-state index in [1.54, 1.807) is 0 Å². The van der Waals surface area contributed by atoms with Gasteiger partial charge in [0, 0.05) is 0 Å². The third kappa shape index (κ3) is 5.56. The minimum absolute atomic E-state index is 0.165. The summed E-state index contributed by atoms with van der Waals surface area (Å²) in [6.07, 6.45) is 7.85. The number of ether oxygens (including phenoxy) is 4. The predicted molar refractivity (Wildman–Crippen MR) is 214 cm³/mol. The fourth-order valence-corrected chi connectivity index (χ4v) is 15.0. The Kier molecular flexibility index (Phi) is 9.95. The molecule has 0 atom stereocenters. The molecule has 0 aliphatic carbocycles. The van der Waals surface area contributed by atoms with E-state index in [-0.39, 0.29) is 25.6 Å². The zero-order chi connectivity index (χ0) is 35.4. The number of aromatic nitrogens is 1. The van der Waals surface area contributed by atoms with E-state index in [0.717, 1.165) is 119 Å². The van der Waals surface area contributed by atoms with Gasteiger partial charge >= 0.3 is 317 Å². The minimum atomic E-state index is -0.401. The van der Waals surface area contributed by atoms with Crippen LogP contribution in [-0.2, 0) is 0 Å². The van der Waals surface area contributed by atoms with Crippen LogP contribution in [0.3, 0.4) is 0 Å². The summed E-state index contributed by atoms with van der Waals surface area (Å²) in [5.41, 5.74) is 1.26. The average molecular weight is 883 g/mol. The van der Waals surface area contributed by atoms with Gasteiger partial charge in [0.15, 0.2) is 0 Å². The SMILES string of the molecule is CCCCOc1c(OCCCC)c2[se]c3c(=O)n(-c4ccc(C)cc4)c(=O)c4[se]c5c(OCCCC)c(OCCCC)c6[se]c1c1c6c5c4c3c21. The first-order chi connectivity index (χ1) is 24.9. The molecule has 0 saturated carbocycles. The van der Waals surface area contributed by atoms with Crippen LogP contribution in [0.1, 0.15) is 84.6 Å². The van der Waals surface area contributed by atoms with Gasteiger partial charge in [-0.05, 0) is 0 Å². The maximum absolute atomic E-state index is 14.9. The number of rotatable bonds is 17. The molecule has 266 valence electrons. The molecule has 0 amide bonds. The van der Waals surface area contributed by atoms with Crippen LogP contribution in [0.2, 0.25) is 0 Å². The molecule has 4 aromatic heterocycles. The van der Waals surface area contributed by atoms with Crippen molar-refractivity contribution in [2.24, 2.45) is 0 Å². The molecule has 8 rings (SSSR count). The molecule has 7 nitrogen and oxygen atoms in total.